The predicted octanol–water partition coefficient (Wildman–Crippen LogP) is 2.82. The zero-order valence-corrected chi connectivity index (χ0v) is 12.4. The van der Waals surface area contributed by atoms with E-state index in [9.17, 15) is 0 Å². The van der Waals surface area contributed by atoms with Crippen molar-refractivity contribution in [3.05, 3.63) is 35.4 Å². The monoisotopic (exact) mass is 264 g/mol. The van der Waals surface area contributed by atoms with Gasteiger partial charge in [0.25, 0.3) is 0 Å². The molecule has 0 aliphatic carbocycles. The molecule has 3 unspecified atom stereocenters. The van der Waals surface area contributed by atoms with Crippen LogP contribution in [0, 0.1) is 6.92 Å². The Balaban J connectivity index is 2.22. The first-order valence-corrected chi connectivity index (χ1v) is 7.87. The average Bonchev–Trinajstić information content (AvgIpc) is 2.82. The van der Waals surface area contributed by atoms with Gasteiger partial charge in [-0.2, -0.15) is 11.8 Å². The minimum absolute atomic E-state index is 0.155. The normalized spacial score (nSPS) is 23.3. The molecular weight excluding hydrogens is 240 g/mol. The third-order valence-corrected chi connectivity index (χ3v) is 4.95. The molecule has 0 radical (unpaired) electrons. The number of nitrogens with zero attached hydrogens (tertiary/aromatic N) is 1. The summed E-state index contributed by atoms with van der Waals surface area (Å²) in [7, 11) is 2.23. The summed E-state index contributed by atoms with van der Waals surface area (Å²) in [5.74, 6) is 2.53. The molecule has 0 bridgehead atoms. The molecule has 1 aromatic carbocycles. The Labute approximate surface area is 115 Å². The molecule has 0 aromatic heterocycles. The molecule has 1 heterocycles. The summed E-state index contributed by atoms with van der Waals surface area (Å²) in [6, 6.07) is 9.92. The molecule has 2 nitrogen and oxygen atoms in total. The first kappa shape index (κ1) is 13.9. The van der Waals surface area contributed by atoms with Crippen LogP contribution in [-0.2, 0) is 0 Å². The lowest BCUT2D eigenvalue weighted by atomic mass is 9.96. The Hall–Kier alpha value is -0.510. The zero-order valence-electron chi connectivity index (χ0n) is 11.6. The first-order valence-electron chi connectivity index (χ1n) is 6.71. The number of benzene rings is 1. The van der Waals surface area contributed by atoms with E-state index in [0.29, 0.717) is 12.1 Å². The summed E-state index contributed by atoms with van der Waals surface area (Å²) in [4.78, 5) is 2.49. The maximum Gasteiger partial charge on any atom is 0.0496 e. The number of aryl methyl sites for hydroxylation is 1. The summed E-state index contributed by atoms with van der Waals surface area (Å²) in [5.41, 5.74) is 8.90. The fourth-order valence-electron chi connectivity index (χ4n) is 2.83. The molecule has 1 saturated heterocycles. The fraction of sp³-hybridized carbons (Fsp3) is 0.600. The Morgan fingerprint density at radius 2 is 2.22 bits per heavy atom. The molecule has 1 aliphatic heterocycles. The minimum atomic E-state index is 0.155. The van der Waals surface area contributed by atoms with Crippen LogP contribution in [-0.4, -0.2) is 35.5 Å². The highest BCUT2D eigenvalue weighted by molar-refractivity contribution is 7.99. The van der Waals surface area contributed by atoms with Gasteiger partial charge >= 0.3 is 0 Å². The molecule has 1 aromatic rings. The first-order chi connectivity index (χ1) is 8.59. The van der Waals surface area contributed by atoms with Crippen LogP contribution in [0.5, 0.6) is 0 Å². The zero-order chi connectivity index (χ0) is 13.1. The molecule has 0 amide bonds. The van der Waals surface area contributed by atoms with E-state index in [1.165, 1.54) is 29.1 Å². The molecule has 3 atom stereocenters. The quantitative estimate of drug-likeness (QED) is 0.907. The number of hydrogen-bond acceptors (Lipinski definition) is 3. The Bertz CT molecular complexity index is 386. The van der Waals surface area contributed by atoms with Gasteiger partial charge in [-0.1, -0.05) is 29.8 Å². The fourth-order valence-corrected chi connectivity index (χ4v) is 4.11. The average molecular weight is 264 g/mol. The van der Waals surface area contributed by atoms with Gasteiger partial charge in [-0.15, -0.1) is 0 Å². The smallest absolute Gasteiger partial charge is 0.0496 e. The van der Waals surface area contributed by atoms with Gasteiger partial charge in [0.15, 0.2) is 0 Å². The van der Waals surface area contributed by atoms with E-state index in [0.717, 1.165) is 0 Å². The Morgan fingerprint density at radius 1 is 1.44 bits per heavy atom. The van der Waals surface area contributed by atoms with Crippen LogP contribution < -0.4 is 5.73 Å². The van der Waals surface area contributed by atoms with E-state index < -0.39 is 0 Å². The van der Waals surface area contributed by atoms with E-state index in [1.807, 2.05) is 0 Å². The van der Waals surface area contributed by atoms with Crippen molar-refractivity contribution < 1.29 is 0 Å². The van der Waals surface area contributed by atoms with Gasteiger partial charge in [-0.25, -0.2) is 0 Å². The van der Waals surface area contributed by atoms with Crippen molar-refractivity contribution in [2.75, 3.05) is 18.6 Å². The summed E-state index contributed by atoms with van der Waals surface area (Å²) >= 11 is 2.06. The molecule has 2 N–H and O–H groups in total. The lowest BCUT2D eigenvalue weighted by Crippen LogP contribution is -2.43. The molecule has 0 saturated carbocycles. The van der Waals surface area contributed by atoms with Crippen LogP contribution in [0.2, 0.25) is 0 Å². The third-order valence-electron chi connectivity index (χ3n) is 3.80. The number of hydrogen-bond donors (Lipinski definition) is 1. The summed E-state index contributed by atoms with van der Waals surface area (Å²) in [6.45, 7) is 4.26. The maximum absolute atomic E-state index is 6.24. The van der Waals surface area contributed by atoms with Crippen molar-refractivity contribution in [2.45, 2.75) is 38.4 Å². The minimum Gasteiger partial charge on any atom is -0.326 e. The topological polar surface area (TPSA) is 29.3 Å². The second-order valence-corrected chi connectivity index (χ2v) is 6.55. The van der Waals surface area contributed by atoms with Crippen LogP contribution in [0.25, 0.3) is 0 Å². The van der Waals surface area contributed by atoms with Crippen molar-refractivity contribution in [3.8, 4) is 0 Å². The maximum atomic E-state index is 6.24. The van der Waals surface area contributed by atoms with E-state index in [1.54, 1.807) is 0 Å². The highest BCUT2D eigenvalue weighted by Gasteiger charge is 2.29. The summed E-state index contributed by atoms with van der Waals surface area (Å²) in [5, 5.41) is 0. The molecule has 18 heavy (non-hydrogen) atoms. The highest BCUT2D eigenvalue weighted by Crippen LogP contribution is 2.30. The van der Waals surface area contributed by atoms with Gasteiger partial charge in [0.1, 0.15) is 0 Å². The lowest BCUT2D eigenvalue weighted by Gasteiger charge is -2.35. The van der Waals surface area contributed by atoms with Crippen molar-refractivity contribution in [1.29, 1.82) is 0 Å². The largest absolute Gasteiger partial charge is 0.326 e. The number of rotatable bonds is 4. The van der Waals surface area contributed by atoms with E-state index in [-0.39, 0.29) is 6.04 Å². The third kappa shape index (κ3) is 3.08. The second kappa shape index (κ2) is 6.09. The van der Waals surface area contributed by atoms with Crippen molar-refractivity contribution in [1.82, 2.24) is 4.90 Å². The van der Waals surface area contributed by atoms with Gasteiger partial charge in [0.2, 0.25) is 0 Å². The second-order valence-electron chi connectivity index (χ2n) is 5.40. The molecular formula is C15H24N2S. The summed E-state index contributed by atoms with van der Waals surface area (Å²) < 4.78 is 0. The van der Waals surface area contributed by atoms with Crippen LogP contribution >= 0.6 is 11.8 Å². The molecule has 1 aliphatic rings. The molecule has 100 valence electrons. The van der Waals surface area contributed by atoms with Crippen LogP contribution in [0.3, 0.4) is 0 Å². The van der Waals surface area contributed by atoms with Crippen LogP contribution in [0.15, 0.2) is 24.3 Å². The van der Waals surface area contributed by atoms with Crippen LogP contribution in [0.1, 0.15) is 30.5 Å². The van der Waals surface area contributed by atoms with Gasteiger partial charge in [0, 0.05) is 23.9 Å². The predicted molar refractivity (Wildman–Crippen MR) is 81.1 cm³/mol. The van der Waals surface area contributed by atoms with Crippen molar-refractivity contribution in [3.63, 3.8) is 0 Å². The lowest BCUT2D eigenvalue weighted by molar-refractivity contribution is 0.168. The van der Waals surface area contributed by atoms with Crippen molar-refractivity contribution in [2.24, 2.45) is 5.73 Å². The van der Waals surface area contributed by atoms with E-state index in [4.69, 9.17) is 5.73 Å². The molecule has 3 heteroatoms. The van der Waals surface area contributed by atoms with Crippen LogP contribution in [0.4, 0.5) is 0 Å². The van der Waals surface area contributed by atoms with Gasteiger partial charge in [0.05, 0.1) is 0 Å². The number of nitrogens with two attached hydrogens (primary N) is 1. The van der Waals surface area contributed by atoms with E-state index >= 15 is 0 Å². The Morgan fingerprint density at radius 3 is 2.78 bits per heavy atom. The standard InChI is InChI=1S/C15H24N2S/c1-11-5-4-6-13(9-11)15(12(2)16)17(3)14-7-8-18-10-14/h4-6,9,12,14-15H,7-8,10,16H2,1-3H3. The molecule has 2 rings (SSSR count). The highest BCUT2D eigenvalue weighted by atomic mass is 32.2. The van der Waals surface area contributed by atoms with E-state index in [2.05, 4.69) is 61.8 Å². The van der Waals surface area contributed by atoms with Gasteiger partial charge in [-0.3, -0.25) is 4.90 Å². The summed E-state index contributed by atoms with van der Waals surface area (Å²) in [6.07, 6.45) is 1.29. The molecule has 1 fully saturated rings. The number of likely N-dealkylation sites (N-methyl/N-ethyl adjacent to an activating group) is 1. The van der Waals surface area contributed by atoms with Gasteiger partial charge < -0.3 is 5.73 Å². The molecule has 0 spiro atoms. The van der Waals surface area contributed by atoms with Gasteiger partial charge in [-0.05, 0) is 38.6 Å². The van der Waals surface area contributed by atoms with Crippen molar-refractivity contribution >= 4 is 11.8 Å². The number of thioether (sulfide) groups is 1. The SMILES string of the molecule is Cc1cccc(C(C(C)N)N(C)C2CCSC2)c1. The Kier molecular flexibility index (Phi) is 4.71.